The third kappa shape index (κ3) is 4.62. The van der Waals surface area contributed by atoms with Gasteiger partial charge in [-0.2, -0.15) is 0 Å². The Kier molecular flexibility index (Phi) is 5.65. The molecule has 0 radical (unpaired) electrons. The van der Waals surface area contributed by atoms with Gasteiger partial charge >= 0.3 is 0 Å². The summed E-state index contributed by atoms with van der Waals surface area (Å²) in [6.07, 6.45) is 5.32. The highest BCUT2D eigenvalue weighted by atomic mass is 16.5. The predicted molar refractivity (Wildman–Crippen MR) is 59.5 cm³/mol. The van der Waals surface area contributed by atoms with E-state index in [-0.39, 0.29) is 24.7 Å². The number of carbonyl (C=O) groups excluding carboxylic acids is 1. The van der Waals surface area contributed by atoms with E-state index in [9.17, 15) is 4.79 Å². The molecule has 1 fully saturated rings. The van der Waals surface area contributed by atoms with Crippen molar-refractivity contribution < 1.29 is 9.53 Å². The number of rotatable bonds is 6. The first-order valence-electron chi connectivity index (χ1n) is 5.88. The van der Waals surface area contributed by atoms with E-state index in [1.165, 1.54) is 0 Å². The van der Waals surface area contributed by atoms with Crippen LogP contribution in [0.1, 0.15) is 39.0 Å². The number of nitrogens with two attached hydrogens (primary N) is 1. The van der Waals surface area contributed by atoms with Crippen LogP contribution in [0.25, 0.3) is 0 Å². The molecule has 0 saturated heterocycles. The average Bonchev–Trinajstić information content (AvgIpc) is 2.61. The molecule has 2 unspecified atom stereocenters. The van der Waals surface area contributed by atoms with Crippen LogP contribution < -0.4 is 11.1 Å². The van der Waals surface area contributed by atoms with Crippen LogP contribution >= 0.6 is 0 Å². The molecule has 0 aliphatic heterocycles. The fourth-order valence-electron chi connectivity index (χ4n) is 1.80. The molecule has 1 aliphatic carbocycles. The van der Waals surface area contributed by atoms with Crippen LogP contribution in [0.2, 0.25) is 0 Å². The van der Waals surface area contributed by atoms with Gasteiger partial charge in [-0.1, -0.05) is 13.3 Å². The van der Waals surface area contributed by atoms with Gasteiger partial charge in [-0.3, -0.25) is 4.79 Å². The van der Waals surface area contributed by atoms with Crippen LogP contribution in [0.3, 0.4) is 0 Å². The van der Waals surface area contributed by atoms with Crippen molar-refractivity contribution in [1.82, 2.24) is 5.32 Å². The Morgan fingerprint density at radius 2 is 2.33 bits per heavy atom. The normalized spacial score (nSPS) is 25.5. The summed E-state index contributed by atoms with van der Waals surface area (Å²) in [5.41, 5.74) is 5.83. The fourth-order valence-corrected chi connectivity index (χ4v) is 1.80. The standard InChI is InChI=1S/C11H22N2O2/c1-2-3-7-13-11(14)8-15-10-6-4-5-9(10)12/h9-10H,2-8,12H2,1H3,(H,13,14). The van der Waals surface area contributed by atoms with E-state index in [0.717, 1.165) is 38.6 Å². The highest BCUT2D eigenvalue weighted by Gasteiger charge is 2.24. The minimum atomic E-state index is -0.0254. The predicted octanol–water partition coefficient (Wildman–Crippen LogP) is 0.799. The average molecular weight is 214 g/mol. The molecular weight excluding hydrogens is 192 g/mol. The van der Waals surface area contributed by atoms with E-state index in [1.807, 2.05) is 0 Å². The molecule has 4 heteroatoms. The van der Waals surface area contributed by atoms with Crippen molar-refractivity contribution in [3.63, 3.8) is 0 Å². The second-order valence-electron chi connectivity index (χ2n) is 4.15. The molecule has 0 spiro atoms. The van der Waals surface area contributed by atoms with Crippen molar-refractivity contribution in [3.8, 4) is 0 Å². The van der Waals surface area contributed by atoms with Crippen molar-refractivity contribution in [1.29, 1.82) is 0 Å². The van der Waals surface area contributed by atoms with E-state index in [2.05, 4.69) is 12.2 Å². The number of carbonyl (C=O) groups is 1. The largest absolute Gasteiger partial charge is 0.367 e. The van der Waals surface area contributed by atoms with Crippen LogP contribution in [0.4, 0.5) is 0 Å². The maximum absolute atomic E-state index is 11.3. The molecule has 0 aromatic heterocycles. The zero-order valence-corrected chi connectivity index (χ0v) is 9.50. The Morgan fingerprint density at radius 3 is 2.93 bits per heavy atom. The van der Waals surface area contributed by atoms with Crippen LogP contribution in [-0.4, -0.2) is 31.2 Å². The fraction of sp³-hybridized carbons (Fsp3) is 0.909. The smallest absolute Gasteiger partial charge is 0.246 e. The molecule has 0 aromatic carbocycles. The number of hydrogen-bond donors (Lipinski definition) is 2. The van der Waals surface area contributed by atoms with E-state index in [0.29, 0.717) is 0 Å². The van der Waals surface area contributed by atoms with Gasteiger partial charge < -0.3 is 15.8 Å². The molecule has 15 heavy (non-hydrogen) atoms. The van der Waals surface area contributed by atoms with Gasteiger partial charge in [0, 0.05) is 12.6 Å². The molecule has 1 rings (SSSR count). The van der Waals surface area contributed by atoms with E-state index < -0.39 is 0 Å². The zero-order valence-electron chi connectivity index (χ0n) is 9.50. The monoisotopic (exact) mass is 214 g/mol. The molecule has 0 aromatic rings. The molecular formula is C11H22N2O2. The van der Waals surface area contributed by atoms with Crippen molar-refractivity contribution in [2.45, 2.75) is 51.2 Å². The molecule has 0 bridgehead atoms. The highest BCUT2D eigenvalue weighted by Crippen LogP contribution is 2.19. The lowest BCUT2D eigenvalue weighted by molar-refractivity contribution is -0.127. The first-order valence-corrected chi connectivity index (χ1v) is 5.88. The lowest BCUT2D eigenvalue weighted by Gasteiger charge is -2.15. The first kappa shape index (κ1) is 12.5. The summed E-state index contributed by atoms with van der Waals surface area (Å²) in [5, 5.41) is 2.82. The lowest BCUT2D eigenvalue weighted by Crippen LogP contribution is -2.36. The SMILES string of the molecule is CCCCNC(=O)COC1CCCC1N. The summed E-state index contributed by atoms with van der Waals surface area (Å²) >= 11 is 0. The van der Waals surface area contributed by atoms with E-state index >= 15 is 0 Å². The van der Waals surface area contributed by atoms with Gasteiger partial charge in [-0.15, -0.1) is 0 Å². The van der Waals surface area contributed by atoms with Crippen LogP contribution in [0.5, 0.6) is 0 Å². The van der Waals surface area contributed by atoms with Gasteiger partial charge in [-0.05, 0) is 25.7 Å². The van der Waals surface area contributed by atoms with Gasteiger partial charge in [-0.25, -0.2) is 0 Å². The molecule has 4 nitrogen and oxygen atoms in total. The van der Waals surface area contributed by atoms with Gasteiger partial charge in [0.05, 0.1) is 6.10 Å². The Hall–Kier alpha value is -0.610. The Balaban J connectivity index is 2.05. The Bertz CT molecular complexity index is 197. The zero-order chi connectivity index (χ0) is 11.1. The lowest BCUT2D eigenvalue weighted by atomic mass is 10.2. The molecule has 2 atom stereocenters. The third-order valence-electron chi connectivity index (χ3n) is 2.78. The summed E-state index contributed by atoms with van der Waals surface area (Å²) in [7, 11) is 0. The number of unbranched alkanes of at least 4 members (excludes halogenated alkanes) is 1. The van der Waals surface area contributed by atoms with Crippen molar-refractivity contribution in [2.24, 2.45) is 5.73 Å². The number of amides is 1. The van der Waals surface area contributed by atoms with E-state index in [4.69, 9.17) is 10.5 Å². The summed E-state index contributed by atoms with van der Waals surface area (Å²) in [4.78, 5) is 11.3. The Labute approximate surface area is 91.5 Å². The second-order valence-corrected chi connectivity index (χ2v) is 4.15. The number of nitrogens with one attached hydrogen (secondary N) is 1. The first-order chi connectivity index (χ1) is 7.24. The molecule has 0 heterocycles. The van der Waals surface area contributed by atoms with E-state index in [1.54, 1.807) is 0 Å². The summed E-state index contributed by atoms with van der Waals surface area (Å²) in [6.45, 7) is 3.00. The van der Waals surface area contributed by atoms with Crippen molar-refractivity contribution >= 4 is 5.91 Å². The number of hydrogen-bond acceptors (Lipinski definition) is 3. The minimum Gasteiger partial charge on any atom is -0.367 e. The van der Waals surface area contributed by atoms with Gasteiger partial charge in [0.1, 0.15) is 6.61 Å². The second kappa shape index (κ2) is 6.80. The molecule has 1 aliphatic rings. The van der Waals surface area contributed by atoms with Gasteiger partial charge in [0.25, 0.3) is 0 Å². The van der Waals surface area contributed by atoms with Gasteiger partial charge in [0.15, 0.2) is 0 Å². The van der Waals surface area contributed by atoms with Crippen molar-refractivity contribution in [3.05, 3.63) is 0 Å². The van der Waals surface area contributed by atoms with Crippen LogP contribution in [0, 0.1) is 0 Å². The molecule has 88 valence electrons. The molecule has 1 saturated carbocycles. The number of ether oxygens (including phenoxy) is 1. The molecule has 1 amide bonds. The third-order valence-corrected chi connectivity index (χ3v) is 2.78. The topological polar surface area (TPSA) is 64.3 Å². The van der Waals surface area contributed by atoms with Crippen LogP contribution in [-0.2, 0) is 9.53 Å². The Morgan fingerprint density at radius 1 is 1.53 bits per heavy atom. The minimum absolute atomic E-state index is 0.0254. The maximum atomic E-state index is 11.3. The highest BCUT2D eigenvalue weighted by molar-refractivity contribution is 5.77. The van der Waals surface area contributed by atoms with Crippen LogP contribution in [0.15, 0.2) is 0 Å². The quantitative estimate of drug-likeness (QED) is 0.643. The summed E-state index contributed by atoms with van der Waals surface area (Å²) in [6, 6.07) is 0.119. The summed E-state index contributed by atoms with van der Waals surface area (Å²) < 4.78 is 5.47. The maximum Gasteiger partial charge on any atom is 0.246 e. The summed E-state index contributed by atoms with van der Waals surface area (Å²) in [5.74, 6) is -0.0254. The van der Waals surface area contributed by atoms with Crippen molar-refractivity contribution in [2.75, 3.05) is 13.2 Å². The van der Waals surface area contributed by atoms with Gasteiger partial charge in [0.2, 0.25) is 5.91 Å². The molecule has 3 N–H and O–H groups in total.